The maximum Gasteiger partial charge on any atom is 0.261 e. The van der Waals surface area contributed by atoms with Crippen LogP contribution in [0.4, 0.5) is 0 Å². The van der Waals surface area contributed by atoms with E-state index < -0.39 is 8.32 Å². The van der Waals surface area contributed by atoms with E-state index in [1.54, 1.807) is 0 Å². The second-order valence-corrected chi connectivity index (χ2v) is 21.2. The van der Waals surface area contributed by atoms with Gasteiger partial charge in [-0.3, -0.25) is 0 Å². The van der Waals surface area contributed by atoms with Gasteiger partial charge in [0.2, 0.25) is 0 Å². The summed E-state index contributed by atoms with van der Waals surface area (Å²) in [4.78, 5) is 2.76. The van der Waals surface area contributed by atoms with Crippen molar-refractivity contribution in [1.82, 2.24) is 10.1 Å². The second-order valence-electron chi connectivity index (χ2n) is 16.9. The molecule has 1 saturated heterocycles. The highest BCUT2D eigenvalue weighted by Gasteiger charge is 2.50. The Morgan fingerprint density at radius 3 is 2.11 bits per heavy atom. The fraction of sp³-hybridized carbons (Fsp3) is 0.447. The molecule has 5 aromatic rings. The Kier molecular flexibility index (Phi) is 12.0. The van der Waals surface area contributed by atoms with E-state index >= 15 is 0 Å². The third kappa shape index (κ3) is 8.37. The summed E-state index contributed by atoms with van der Waals surface area (Å²) in [5.41, 5.74) is 4.53. The summed E-state index contributed by atoms with van der Waals surface area (Å²) < 4.78 is 19.5. The zero-order chi connectivity index (χ0) is 37.5. The van der Waals surface area contributed by atoms with Crippen LogP contribution in [-0.2, 0) is 17.5 Å². The van der Waals surface area contributed by atoms with Crippen LogP contribution in [0.3, 0.4) is 0 Å². The van der Waals surface area contributed by atoms with Gasteiger partial charge < -0.3 is 18.6 Å². The van der Waals surface area contributed by atoms with Gasteiger partial charge in [-0.25, -0.2) is 0 Å². The minimum absolute atomic E-state index is 0.00418. The monoisotopic (exact) mass is 739 g/mol. The van der Waals surface area contributed by atoms with Crippen LogP contribution >= 0.6 is 0 Å². The minimum Gasteiger partial charge on any atom is -0.488 e. The van der Waals surface area contributed by atoms with Gasteiger partial charge in [0.1, 0.15) is 12.4 Å². The van der Waals surface area contributed by atoms with Gasteiger partial charge >= 0.3 is 0 Å². The molecular formula is C47H57N3O3Si. The molecular weight excluding hydrogens is 683 g/mol. The molecule has 0 amide bonds. The highest BCUT2D eigenvalue weighted by Crippen LogP contribution is 2.39. The molecule has 0 bridgehead atoms. The van der Waals surface area contributed by atoms with Gasteiger partial charge in [-0.05, 0) is 122 Å². The van der Waals surface area contributed by atoms with Gasteiger partial charge in [0.05, 0.1) is 17.3 Å². The predicted molar refractivity (Wildman–Crippen MR) is 221 cm³/mol. The quantitative estimate of drug-likeness (QED) is 0.112. The number of aryl methyl sites for hydroxylation is 2. The molecule has 1 aliphatic carbocycles. The lowest BCUT2D eigenvalue weighted by molar-refractivity contribution is 0.0865. The van der Waals surface area contributed by atoms with E-state index in [1.165, 1.54) is 68.5 Å². The van der Waals surface area contributed by atoms with E-state index in [-0.39, 0.29) is 5.04 Å². The van der Waals surface area contributed by atoms with Crippen LogP contribution < -0.4 is 15.1 Å². The number of piperidine rings is 1. The van der Waals surface area contributed by atoms with Gasteiger partial charge in [-0.15, -0.1) is 0 Å². The van der Waals surface area contributed by atoms with Gasteiger partial charge in [-0.2, -0.15) is 5.26 Å². The zero-order valence-corrected chi connectivity index (χ0v) is 33.7. The van der Waals surface area contributed by atoms with Crippen molar-refractivity contribution in [2.45, 2.75) is 90.7 Å². The van der Waals surface area contributed by atoms with E-state index in [0.29, 0.717) is 29.9 Å². The molecule has 0 radical (unpaired) electrons. The average molecular weight is 740 g/mol. The first-order valence-corrected chi connectivity index (χ1v) is 22.1. The Morgan fingerprint density at radius 1 is 0.833 bits per heavy atom. The molecule has 2 heterocycles. The van der Waals surface area contributed by atoms with E-state index in [4.69, 9.17) is 18.9 Å². The molecule has 2 fully saturated rings. The Labute approximate surface area is 323 Å². The van der Waals surface area contributed by atoms with Crippen LogP contribution in [-0.4, -0.2) is 44.6 Å². The molecule has 0 N–H and O–H groups in total. The maximum absolute atomic E-state index is 9.06. The second kappa shape index (κ2) is 17.1. The van der Waals surface area contributed by atoms with Crippen molar-refractivity contribution in [3.8, 4) is 11.8 Å². The van der Waals surface area contributed by atoms with Crippen LogP contribution in [0.15, 0.2) is 102 Å². The fourth-order valence-corrected chi connectivity index (χ4v) is 13.8. The highest BCUT2D eigenvalue weighted by atomic mass is 28.4. The Balaban J connectivity index is 0.930. The number of fused-ring (bicyclic) bond motifs is 1. The molecule has 7 rings (SSSR count). The number of likely N-dealkylation sites (tertiary alicyclic amines) is 1. The topological polar surface area (TPSA) is 71.5 Å². The molecule has 1 aliphatic heterocycles. The van der Waals surface area contributed by atoms with Crippen LogP contribution in [0.5, 0.6) is 5.75 Å². The molecule has 7 heteroatoms. The van der Waals surface area contributed by atoms with E-state index in [0.717, 1.165) is 53.0 Å². The Hall–Kier alpha value is -4.22. The van der Waals surface area contributed by atoms with Gasteiger partial charge in [0.15, 0.2) is 5.58 Å². The highest BCUT2D eigenvalue weighted by molar-refractivity contribution is 6.99. The first-order valence-electron chi connectivity index (χ1n) is 20.2. The summed E-state index contributed by atoms with van der Waals surface area (Å²) in [6.07, 6.45) is 9.82. The minimum atomic E-state index is -2.54. The molecule has 2 aliphatic rings. The largest absolute Gasteiger partial charge is 0.488 e. The molecule has 1 aromatic heterocycles. The van der Waals surface area contributed by atoms with Gasteiger partial charge in [0, 0.05) is 24.1 Å². The third-order valence-corrected chi connectivity index (χ3v) is 17.4. The SMILES string of the molecule is Cc1c(OCc2ccc(C#N)cc2)ccc2c(CCC3CCN(CC4CCCCC4CO[Si](c4ccccc4)(c4ccccc4)C(C)(C)C)CC3)noc12. The summed E-state index contributed by atoms with van der Waals surface area (Å²) in [6, 6.07) is 36.1. The predicted octanol–water partition coefficient (Wildman–Crippen LogP) is 9.61. The smallest absolute Gasteiger partial charge is 0.261 e. The summed E-state index contributed by atoms with van der Waals surface area (Å²) in [6.45, 7) is 14.1. The van der Waals surface area contributed by atoms with Crippen molar-refractivity contribution < 1.29 is 13.7 Å². The average Bonchev–Trinajstić information content (AvgIpc) is 3.62. The molecule has 282 valence electrons. The molecule has 54 heavy (non-hydrogen) atoms. The maximum atomic E-state index is 9.06. The number of ether oxygens (including phenoxy) is 1. The number of nitrogens with zero attached hydrogens (tertiary/aromatic N) is 3. The summed E-state index contributed by atoms with van der Waals surface area (Å²) in [5.74, 6) is 2.81. The van der Waals surface area contributed by atoms with E-state index in [2.05, 4.69) is 104 Å². The number of hydrogen-bond donors (Lipinski definition) is 0. The lowest BCUT2D eigenvalue weighted by Crippen LogP contribution is -2.67. The van der Waals surface area contributed by atoms with Crippen molar-refractivity contribution in [3.63, 3.8) is 0 Å². The van der Waals surface area contributed by atoms with Crippen molar-refractivity contribution >= 4 is 29.7 Å². The number of rotatable bonds is 13. The summed E-state index contributed by atoms with van der Waals surface area (Å²) >= 11 is 0. The lowest BCUT2D eigenvalue weighted by atomic mass is 9.79. The standard InChI is InChI=1S/C47H57N3O3Si/c1-35-45(51-33-38-21-19-37(31-48)20-22-38)26-24-43-44(49-53-46(35)43)25-23-36-27-29-50(30-28-36)32-39-13-11-12-14-40(39)34-52-54(47(2,3)4,41-15-7-5-8-16-41)42-17-9-6-10-18-42/h5-10,15-22,24,26,36,39-40H,11-14,23,25,27-30,32-34H2,1-4H3. The first kappa shape index (κ1) is 38.1. The first-order chi connectivity index (χ1) is 26.2. The van der Waals surface area contributed by atoms with Crippen LogP contribution in [0.2, 0.25) is 5.04 Å². The molecule has 1 saturated carbocycles. The number of nitriles is 1. The summed E-state index contributed by atoms with van der Waals surface area (Å²) in [5, 5.41) is 17.4. The van der Waals surface area contributed by atoms with Crippen LogP contribution in [0.1, 0.15) is 88.1 Å². The van der Waals surface area contributed by atoms with Crippen molar-refractivity contribution in [2.24, 2.45) is 17.8 Å². The Bertz CT molecular complexity index is 1950. The molecule has 6 nitrogen and oxygen atoms in total. The third-order valence-electron chi connectivity index (χ3n) is 12.4. The van der Waals surface area contributed by atoms with Gasteiger partial charge in [-0.1, -0.05) is 112 Å². The van der Waals surface area contributed by atoms with E-state index in [9.17, 15) is 0 Å². The summed E-state index contributed by atoms with van der Waals surface area (Å²) in [7, 11) is -2.54. The fourth-order valence-electron chi connectivity index (χ4n) is 9.21. The van der Waals surface area contributed by atoms with Crippen molar-refractivity contribution in [2.75, 3.05) is 26.2 Å². The molecule has 2 unspecified atom stereocenters. The number of benzene rings is 4. The van der Waals surface area contributed by atoms with Crippen LogP contribution in [0.25, 0.3) is 11.0 Å². The number of hydrogen-bond acceptors (Lipinski definition) is 6. The normalized spacial score (nSPS) is 18.8. The molecule has 2 atom stereocenters. The van der Waals surface area contributed by atoms with Crippen LogP contribution in [0, 0.1) is 36.0 Å². The zero-order valence-electron chi connectivity index (χ0n) is 32.7. The lowest BCUT2D eigenvalue weighted by Gasteiger charge is -2.45. The molecule has 4 aromatic carbocycles. The van der Waals surface area contributed by atoms with Gasteiger partial charge in [0.25, 0.3) is 8.32 Å². The number of aromatic nitrogens is 1. The van der Waals surface area contributed by atoms with Crippen molar-refractivity contribution in [1.29, 1.82) is 5.26 Å². The van der Waals surface area contributed by atoms with Crippen molar-refractivity contribution in [3.05, 3.63) is 119 Å². The Morgan fingerprint density at radius 2 is 1.48 bits per heavy atom. The molecule has 0 spiro atoms. The van der Waals surface area contributed by atoms with E-state index in [1.807, 2.05) is 37.3 Å².